The molecule has 1 aromatic rings. The predicted molar refractivity (Wildman–Crippen MR) is 74.9 cm³/mol. The Morgan fingerprint density at radius 2 is 2.26 bits per heavy atom. The van der Waals surface area contributed by atoms with Gasteiger partial charge in [-0.2, -0.15) is 0 Å². The number of rotatable bonds is 5. The van der Waals surface area contributed by atoms with Crippen LogP contribution in [0.15, 0.2) is 11.4 Å². The van der Waals surface area contributed by atoms with E-state index < -0.39 is 9.84 Å². The summed E-state index contributed by atoms with van der Waals surface area (Å²) in [6, 6.07) is 1.64. The molecular formula is C12H15NO4S2. The highest BCUT2D eigenvalue weighted by molar-refractivity contribution is 7.90. The SMILES string of the molecule is CS(=O)(=O)CCNC(=O)c1csc(C#CCCO)c1. The lowest BCUT2D eigenvalue weighted by molar-refractivity contribution is 0.0956. The molecule has 5 nitrogen and oxygen atoms in total. The number of aliphatic hydroxyl groups excluding tert-OH is 1. The van der Waals surface area contributed by atoms with E-state index in [1.165, 1.54) is 11.3 Å². The molecule has 0 aliphatic heterocycles. The van der Waals surface area contributed by atoms with E-state index in [0.29, 0.717) is 12.0 Å². The second-order valence-corrected chi connectivity index (χ2v) is 7.03. The molecule has 2 N–H and O–H groups in total. The van der Waals surface area contributed by atoms with Crippen LogP contribution < -0.4 is 5.32 Å². The maximum absolute atomic E-state index is 11.7. The van der Waals surface area contributed by atoms with Crippen LogP contribution in [0.4, 0.5) is 0 Å². The van der Waals surface area contributed by atoms with Gasteiger partial charge in [-0.05, 0) is 6.07 Å². The fourth-order valence-corrected chi connectivity index (χ4v) is 2.41. The molecule has 19 heavy (non-hydrogen) atoms. The monoisotopic (exact) mass is 301 g/mol. The number of amides is 1. The van der Waals surface area contributed by atoms with E-state index in [4.69, 9.17) is 5.11 Å². The van der Waals surface area contributed by atoms with E-state index in [1.54, 1.807) is 11.4 Å². The predicted octanol–water partition coefficient (Wildman–Crippen LogP) is 0.256. The third kappa shape index (κ3) is 6.38. The van der Waals surface area contributed by atoms with Crippen LogP contribution in [-0.4, -0.2) is 44.6 Å². The van der Waals surface area contributed by atoms with E-state index in [0.717, 1.165) is 11.1 Å². The molecule has 0 bridgehead atoms. The van der Waals surface area contributed by atoms with Gasteiger partial charge in [0, 0.05) is 24.6 Å². The first-order chi connectivity index (χ1) is 8.92. The summed E-state index contributed by atoms with van der Waals surface area (Å²) in [6.07, 6.45) is 1.52. The second-order valence-electron chi connectivity index (χ2n) is 3.86. The number of carbonyl (C=O) groups is 1. The highest BCUT2D eigenvalue weighted by Gasteiger charge is 2.09. The van der Waals surface area contributed by atoms with Crippen molar-refractivity contribution in [2.45, 2.75) is 6.42 Å². The van der Waals surface area contributed by atoms with Crippen molar-refractivity contribution < 1.29 is 18.3 Å². The van der Waals surface area contributed by atoms with Gasteiger partial charge in [-0.25, -0.2) is 8.42 Å². The average Bonchev–Trinajstić information content (AvgIpc) is 2.76. The van der Waals surface area contributed by atoms with Crippen LogP contribution in [0.3, 0.4) is 0 Å². The van der Waals surface area contributed by atoms with Gasteiger partial charge in [-0.3, -0.25) is 4.79 Å². The van der Waals surface area contributed by atoms with E-state index >= 15 is 0 Å². The van der Waals surface area contributed by atoms with Crippen LogP contribution in [0.2, 0.25) is 0 Å². The Morgan fingerprint density at radius 1 is 1.53 bits per heavy atom. The second kappa shape index (κ2) is 7.28. The third-order valence-electron chi connectivity index (χ3n) is 2.07. The van der Waals surface area contributed by atoms with E-state index in [1.807, 2.05) is 0 Å². The molecule has 1 rings (SSSR count). The normalized spacial score (nSPS) is 10.6. The van der Waals surface area contributed by atoms with E-state index in [9.17, 15) is 13.2 Å². The molecule has 0 aromatic carbocycles. The zero-order valence-corrected chi connectivity index (χ0v) is 12.1. The van der Waals surface area contributed by atoms with Crippen LogP contribution >= 0.6 is 11.3 Å². The average molecular weight is 301 g/mol. The van der Waals surface area contributed by atoms with Crippen molar-refractivity contribution in [1.29, 1.82) is 0 Å². The molecule has 0 aliphatic rings. The zero-order valence-electron chi connectivity index (χ0n) is 10.5. The number of carbonyl (C=O) groups excluding carboxylic acids is 1. The Balaban J connectivity index is 2.52. The maximum Gasteiger partial charge on any atom is 0.252 e. The van der Waals surface area contributed by atoms with Crippen LogP contribution in [-0.2, 0) is 9.84 Å². The van der Waals surface area contributed by atoms with Gasteiger partial charge in [0.15, 0.2) is 0 Å². The topological polar surface area (TPSA) is 83.5 Å². The first-order valence-corrected chi connectivity index (χ1v) is 8.50. The fraction of sp³-hybridized carbons (Fsp3) is 0.417. The van der Waals surface area contributed by atoms with Crippen molar-refractivity contribution in [2.24, 2.45) is 0 Å². The minimum atomic E-state index is -3.07. The summed E-state index contributed by atoms with van der Waals surface area (Å²) in [7, 11) is -3.07. The van der Waals surface area contributed by atoms with Gasteiger partial charge in [0.1, 0.15) is 9.84 Å². The Hall–Kier alpha value is -1.36. The van der Waals surface area contributed by atoms with Crippen LogP contribution in [0.25, 0.3) is 0 Å². The van der Waals surface area contributed by atoms with Gasteiger partial charge in [0.25, 0.3) is 5.91 Å². The smallest absolute Gasteiger partial charge is 0.252 e. The molecule has 0 saturated heterocycles. The number of nitrogens with one attached hydrogen (secondary N) is 1. The van der Waals surface area contributed by atoms with Gasteiger partial charge < -0.3 is 10.4 Å². The summed E-state index contributed by atoms with van der Waals surface area (Å²) in [5, 5.41) is 12.8. The van der Waals surface area contributed by atoms with Gasteiger partial charge in [0.2, 0.25) is 0 Å². The molecule has 7 heteroatoms. The Kier molecular flexibility index (Phi) is 6.02. The van der Waals surface area contributed by atoms with Gasteiger partial charge in [-0.15, -0.1) is 11.3 Å². The summed E-state index contributed by atoms with van der Waals surface area (Å²) in [6.45, 7) is 0.107. The van der Waals surface area contributed by atoms with E-state index in [2.05, 4.69) is 17.2 Å². The maximum atomic E-state index is 11.7. The van der Waals surface area contributed by atoms with Crippen molar-refractivity contribution in [3.8, 4) is 11.8 Å². The van der Waals surface area contributed by atoms with Gasteiger partial charge in [-0.1, -0.05) is 11.8 Å². The van der Waals surface area contributed by atoms with Crippen molar-refractivity contribution >= 4 is 27.1 Å². The molecule has 1 heterocycles. The molecule has 0 fully saturated rings. The van der Waals surface area contributed by atoms with Crippen molar-refractivity contribution in [3.05, 3.63) is 21.9 Å². The van der Waals surface area contributed by atoms with Crippen molar-refractivity contribution in [1.82, 2.24) is 5.32 Å². The summed E-state index contributed by atoms with van der Waals surface area (Å²) >= 11 is 1.33. The summed E-state index contributed by atoms with van der Waals surface area (Å²) in [4.78, 5) is 12.4. The van der Waals surface area contributed by atoms with Crippen molar-refractivity contribution in [3.63, 3.8) is 0 Å². The van der Waals surface area contributed by atoms with E-state index in [-0.39, 0.29) is 24.8 Å². The molecule has 1 aromatic heterocycles. The van der Waals surface area contributed by atoms with Gasteiger partial charge >= 0.3 is 0 Å². The molecule has 104 valence electrons. The first-order valence-electron chi connectivity index (χ1n) is 5.56. The van der Waals surface area contributed by atoms with Gasteiger partial charge in [0.05, 0.1) is 22.8 Å². The molecule has 0 radical (unpaired) electrons. The Bertz CT molecular complexity index is 593. The molecule has 0 unspecified atom stereocenters. The van der Waals surface area contributed by atoms with Crippen LogP contribution in [0, 0.1) is 11.8 Å². The lowest BCUT2D eigenvalue weighted by Crippen LogP contribution is -2.28. The minimum Gasteiger partial charge on any atom is -0.395 e. The standard InChI is InChI=1S/C12H15NO4S2/c1-19(16,17)7-5-13-12(15)10-8-11(18-9-10)4-2-3-6-14/h8-9,14H,3,5-7H2,1H3,(H,13,15). The number of thiophene rings is 1. The summed E-state index contributed by atoms with van der Waals surface area (Å²) < 4.78 is 21.8. The number of sulfone groups is 1. The minimum absolute atomic E-state index is 0.0111. The summed E-state index contributed by atoms with van der Waals surface area (Å²) in [5.74, 6) is 5.21. The number of hydrogen-bond acceptors (Lipinski definition) is 5. The quantitative estimate of drug-likeness (QED) is 0.764. The van der Waals surface area contributed by atoms with Crippen molar-refractivity contribution in [2.75, 3.05) is 25.2 Å². The highest BCUT2D eigenvalue weighted by atomic mass is 32.2. The third-order valence-corrected chi connectivity index (χ3v) is 3.86. The molecule has 0 atom stereocenters. The molecule has 0 aliphatic carbocycles. The van der Waals surface area contributed by atoms with Crippen LogP contribution in [0.5, 0.6) is 0 Å². The molecule has 0 saturated carbocycles. The fourth-order valence-electron chi connectivity index (χ4n) is 1.18. The highest BCUT2D eigenvalue weighted by Crippen LogP contribution is 2.13. The number of hydrogen-bond donors (Lipinski definition) is 2. The lowest BCUT2D eigenvalue weighted by Gasteiger charge is -2.01. The number of aliphatic hydroxyl groups is 1. The summed E-state index contributed by atoms with van der Waals surface area (Å²) in [5.41, 5.74) is 0.465. The first kappa shape index (κ1) is 15.7. The largest absolute Gasteiger partial charge is 0.395 e. The Morgan fingerprint density at radius 3 is 2.89 bits per heavy atom. The zero-order chi connectivity index (χ0) is 14.3. The lowest BCUT2D eigenvalue weighted by atomic mass is 10.3. The molecule has 0 spiro atoms. The molecule has 1 amide bonds. The molecular weight excluding hydrogens is 286 g/mol. The Labute approximate surface area is 116 Å². The van der Waals surface area contributed by atoms with Crippen LogP contribution in [0.1, 0.15) is 21.7 Å².